The molecule has 1 N–H and O–H groups in total. The lowest BCUT2D eigenvalue weighted by atomic mass is 9.96. The van der Waals surface area contributed by atoms with Gasteiger partial charge in [-0.3, -0.25) is 4.79 Å². The van der Waals surface area contributed by atoms with E-state index in [4.69, 9.17) is 4.74 Å². The minimum absolute atomic E-state index is 0.136. The summed E-state index contributed by atoms with van der Waals surface area (Å²) in [6.45, 7) is 0. The van der Waals surface area contributed by atoms with Crippen LogP contribution in [0.5, 0.6) is 5.75 Å². The molecule has 4 nitrogen and oxygen atoms in total. The molecule has 0 fully saturated rings. The highest BCUT2D eigenvalue weighted by atomic mass is 32.1. The maximum Gasteiger partial charge on any atom is 0.281 e. The fourth-order valence-corrected chi connectivity index (χ4v) is 5.10. The molecule has 0 bridgehead atoms. The third-order valence-corrected chi connectivity index (χ3v) is 6.20. The molecule has 1 aliphatic rings. The molecule has 130 valence electrons. The number of nitrogens with zero attached hydrogens (tertiary/aromatic N) is 1. The zero-order valence-electron chi connectivity index (χ0n) is 14.5. The molecule has 1 aliphatic carbocycles. The number of hydrogen-bond donors (Lipinski definition) is 1. The van der Waals surface area contributed by atoms with Crippen molar-refractivity contribution in [2.75, 3.05) is 7.11 Å². The van der Waals surface area contributed by atoms with Crippen LogP contribution in [-0.2, 0) is 12.8 Å². The van der Waals surface area contributed by atoms with Gasteiger partial charge in [0.15, 0.2) is 0 Å². The van der Waals surface area contributed by atoms with Crippen molar-refractivity contribution in [1.82, 2.24) is 9.97 Å². The fourth-order valence-electron chi connectivity index (χ4n) is 3.98. The second-order valence-corrected chi connectivity index (χ2v) is 7.68. The van der Waals surface area contributed by atoms with Crippen molar-refractivity contribution in [1.29, 1.82) is 0 Å². The van der Waals surface area contributed by atoms with Crippen molar-refractivity contribution < 1.29 is 4.74 Å². The van der Waals surface area contributed by atoms with Gasteiger partial charge < -0.3 is 9.72 Å². The summed E-state index contributed by atoms with van der Waals surface area (Å²) in [7, 11) is 1.66. The molecule has 5 heteroatoms. The van der Waals surface area contributed by atoms with Crippen LogP contribution in [0.1, 0.15) is 24.1 Å². The minimum atomic E-state index is -0.136. The molecule has 0 aliphatic heterocycles. The molecule has 0 spiro atoms. The van der Waals surface area contributed by atoms with Gasteiger partial charge >= 0.3 is 0 Å². The van der Waals surface area contributed by atoms with E-state index in [2.05, 4.69) is 22.1 Å². The monoisotopic (exact) mass is 362 g/mol. The Morgan fingerprint density at radius 2 is 1.96 bits per heavy atom. The normalized spacial score (nSPS) is 13.9. The Morgan fingerprint density at radius 1 is 1.12 bits per heavy atom. The first-order valence-corrected chi connectivity index (χ1v) is 9.68. The summed E-state index contributed by atoms with van der Waals surface area (Å²) < 4.78 is 5.60. The summed E-state index contributed by atoms with van der Waals surface area (Å²) in [6.07, 6.45) is 4.30. The second-order valence-electron chi connectivity index (χ2n) is 6.68. The molecule has 2 aromatic heterocycles. The zero-order chi connectivity index (χ0) is 17.7. The van der Waals surface area contributed by atoms with Crippen LogP contribution in [0.4, 0.5) is 0 Å². The average molecular weight is 362 g/mol. The Hall–Kier alpha value is -2.66. The van der Waals surface area contributed by atoms with Gasteiger partial charge in [0.25, 0.3) is 5.56 Å². The summed E-state index contributed by atoms with van der Waals surface area (Å²) in [5, 5.41) is 3.64. The maximum absolute atomic E-state index is 12.9. The van der Waals surface area contributed by atoms with Gasteiger partial charge in [-0.25, -0.2) is 0 Å². The predicted octanol–water partition coefficient (Wildman–Crippen LogP) is 4.69. The van der Waals surface area contributed by atoms with Crippen molar-refractivity contribution in [2.45, 2.75) is 25.7 Å². The van der Waals surface area contributed by atoms with Crippen LogP contribution in [-0.4, -0.2) is 17.1 Å². The Balaban J connectivity index is 1.83. The standard InChI is InChI=1S/C21H18N2O2S/c1-25-16-11-10-12-6-2-3-7-13(12)17(16)20-23-19(24)18-14-8-4-5-9-15(14)22-21(18)26-20/h2-3,6-7,10-11,22H,4-5,8-9H2,1H3. The van der Waals surface area contributed by atoms with Gasteiger partial charge in [-0.2, -0.15) is 4.98 Å². The van der Waals surface area contributed by atoms with Crippen LogP contribution in [0.2, 0.25) is 0 Å². The highest BCUT2D eigenvalue weighted by Crippen LogP contribution is 2.39. The molecule has 4 aromatic rings. The quantitative estimate of drug-likeness (QED) is 0.563. The molecule has 0 atom stereocenters. The van der Waals surface area contributed by atoms with E-state index in [1.807, 2.05) is 24.3 Å². The summed E-state index contributed by atoms with van der Waals surface area (Å²) in [4.78, 5) is 21.8. The van der Waals surface area contributed by atoms with Gasteiger partial charge in [0.2, 0.25) is 0 Å². The van der Waals surface area contributed by atoms with Crippen LogP contribution in [0.25, 0.3) is 31.6 Å². The van der Waals surface area contributed by atoms with E-state index in [1.54, 1.807) is 18.4 Å². The number of H-pyrrole nitrogens is 1. The number of hydrogen-bond acceptors (Lipinski definition) is 4. The maximum atomic E-state index is 12.9. The van der Waals surface area contributed by atoms with Crippen molar-refractivity contribution in [3.63, 3.8) is 0 Å². The van der Waals surface area contributed by atoms with Crippen molar-refractivity contribution in [3.05, 3.63) is 58.0 Å². The van der Waals surface area contributed by atoms with Crippen LogP contribution < -0.4 is 10.3 Å². The van der Waals surface area contributed by atoms with Crippen molar-refractivity contribution in [2.24, 2.45) is 0 Å². The molecular weight excluding hydrogens is 344 g/mol. The molecule has 2 aromatic carbocycles. The van der Waals surface area contributed by atoms with E-state index in [0.29, 0.717) is 5.01 Å². The highest BCUT2D eigenvalue weighted by molar-refractivity contribution is 7.21. The first-order chi connectivity index (χ1) is 12.8. The third kappa shape index (κ3) is 2.27. The highest BCUT2D eigenvalue weighted by Gasteiger charge is 2.21. The number of aryl methyl sites for hydroxylation is 2. The molecule has 2 heterocycles. The lowest BCUT2D eigenvalue weighted by molar-refractivity contribution is 0.417. The minimum Gasteiger partial charge on any atom is -0.496 e. The predicted molar refractivity (Wildman–Crippen MR) is 106 cm³/mol. The fraction of sp³-hybridized carbons (Fsp3) is 0.238. The van der Waals surface area contributed by atoms with E-state index < -0.39 is 0 Å². The molecule has 26 heavy (non-hydrogen) atoms. The van der Waals surface area contributed by atoms with Gasteiger partial charge in [0.05, 0.1) is 18.1 Å². The van der Waals surface area contributed by atoms with Crippen molar-refractivity contribution in [3.8, 4) is 16.3 Å². The lowest BCUT2D eigenvalue weighted by Crippen LogP contribution is -2.09. The molecule has 0 saturated heterocycles. The smallest absolute Gasteiger partial charge is 0.281 e. The molecule has 0 unspecified atom stereocenters. The van der Waals surface area contributed by atoms with Crippen LogP contribution in [0.15, 0.2) is 41.2 Å². The first kappa shape index (κ1) is 15.6. The van der Waals surface area contributed by atoms with Gasteiger partial charge in [-0.15, -0.1) is 0 Å². The van der Waals surface area contributed by atoms with Gasteiger partial charge in [0, 0.05) is 5.69 Å². The van der Waals surface area contributed by atoms with Gasteiger partial charge in [-0.1, -0.05) is 41.7 Å². The second kappa shape index (κ2) is 5.95. The number of ether oxygens (including phenoxy) is 1. The molecule has 0 saturated carbocycles. The van der Waals surface area contributed by atoms with Crippen molar-refractivity contribution >= 4 is 32.3 Å². The third-order valence-electron chi connectivity index (χ3n) is 5.20. The first-order valence-electron chi connectivity index (χ1n) is 8.87. The Bertz CT molecular complexity index is 1210. The summed E-state index contributed by atoms with van der Waals surface area (Å²) in [5.74, 6) is 0.738. The van der Waals surface area contributed by atoms with Crippen LogP contribution >= 0.6 is 11.3 Å². The van der Waals surface area contributed by atoms with Crippen LogP contribution in [0, 0.1) is 0 Å². The topological polar surface area (TPSA) is 55.0 Å². The largest absolute Gasteiger partial charge is 0.496 e. The van der Waals surface area contributed by atoms with E-state index >= 15 is 0 Å². The zero-order valence-corrected chi connectivity index (χ0v) is 15.3. The van der Waals surface area contributed by atoms with E-state index in [-0.39, 0.29) is 5.56 Å². The molecular formula is C21H18N2O2S. The number of nitrogens with one attached hydrogen (secondary N) is 1. The summed E-state index contributed by atoms with van der Waals surface area (Å²) >= 11 is 1.55. The van der Waals surface area contributed by atoms with Crippen LogP contribution in [0.3, 0.4) is 0 Å². The van der Waals surface area contributed by atoms with Gasteiger partial charge in [0.1, 0.15) is 15.6 Å². The van der Waals surface area contributed by atoms with E-state index in [1.165, 1.54) is 17.7 Å². The molecule has 0 radical (unpaired) electrons. The lowest BCUT2D eigenvalue weighted by Gasteiger charge is -2.11. The number of methoxy groups -OCH3 is 1. The van der Waals surface area contributed by atoms with E-state index in [0.717, 1.165) is 51.6 Å². The average Bonchev–Trinajstić information content (AvgIpc) is 3.05. The number of aromatic nitrogens is 2. The Morgan fingerprint density at radius 3 is 2.85 bits per heavy atom. The van der Waals surface area contributed by atoms with E-state index in [9.17, 15) is 4.79 Å². The number of rotatable bonds is 2. The molecule has 0 amide bonds. The number of benzene rings is 2. The van der Waals surface area contributed by atoms with Gasteiger partial charge in [-0.05, 0) is 48.1 Å². The Labute approximate surface area is 154 Å². The Kier molecular flexibility index (Phi) is 3.57. The number of fused-ring (bicyclic) bond motifs is 4. The summed E-state index contributed by atoms with van der Waals surface area (Å²) in [5.41, 5.74) is 3.14. The summed E-state index contributed by atoms with van der Waals surface area (Å²) in [6, 6.07) is 12.1. The SMILES string of the molecule is COc1ccc2ccccc2c1-c1nc(=O)c2c3c([nH]c2s1)CCCC3. The molecule has 5 rings (SSSR count). The number of aromatic amines is 1.